The fraction of sp³-hybridized carbons (Fsp3) is 0.207. The van der Waals surface area contributed by atoms with Crippen LogP contribution in [0.1, 0.15) is 18.1 Å². The summed E-state index contributed by atoms with van der Waals surface area (Å²) in [6.45, 7) is 2.43. The van der Waals surface area contributed by atoms with Crippen molar-refractivity contribution in [2.75, 3.05) is 33.3 Å². The monoisotopic (exact) mass is 544 g/mol. The highest BCUT2D eigenvalue weighted by molar-refractivity contribution is 7.07. The average molecular weight is 545 g/mol. The molecule has 0 aliphatic carbocycles. The Labute approximate surface area is 230 Å². The zero-order valence-corrected chi connectivity index (χ0v) is 22.9. The zero-order chi connectivity index (χ0) is 27.4. The molecule has 0 saturated heterocycles. The molecule has 4 aromatic rings. The number of anilines is 1. The van der Waals surface area contributed by atoms with Crippen LogP contribution in [-0.4, -0.2) is 44.2 Å². The molecule has 1 aliphatic heterocycles. The maximum atomic E-state index is 11.9. The molecular weight excluding hydrogens is 516 g/mol. The lowest BCUT2D eigenvalue weighted by Crippen LogP contribution is -2.25. The van der Waals surface area contributed by atoms with Gasteiger partial charge in [-0.2, -0.15) is 5.10 Å². The number of carbonyl (C=O) groups is 1. The van der Waals surface area contributed by atoms with E-state index in [1.807, 2.05) is 77.6 Å². The van der Waals surface area contributed by atoms with Crippen molar-refractivity contribution in [3.05, 3.63) is 82.0 Å². The first-order chi connectivity index (χ1) is 19.0. The summed E-state index contributed by atoms with van der Waals surface area (Å²) in [6, 6.07) is 19.5. The highest BCUT2D eigenvalue weighted by Gasteiger charge is 2.19. The van der Waals surface area contributed by atoms with Gasteiger partial charge >= 0.3 is 0 Å². The SMILES string of the molecule is COc1cc(C(C)=Nn2c(-c3ccc4c(c3)NC(=O)CO4)csc2=NCc2ccccc2)cc(OC)c1OC. The first kappa shape index (κ1) is 26.1. The Kier molecular flexibility index (Phi) is 7.64. The molecule has 1 N–H and O–H groups in total. The number of carbonyl (C=O) groups excluding carboxylic acids is 1. The molecule has 10 heteroatoms. The van der Waals surface area contributed by atoms with Crippen LogP contribution in [0.3, 0.4) is 0 Å². The number of rotatable bonds is 8. The van der Waals surface area contributed by atoms with Crippen molar-refractivity contribution in [1.29, 1.82) is 0 Å². The Morgan fingerprint density at radius 2 is 1.77 bits per heavy atom. The van der Waals surface area contributed by atoms with Crippen LogP contribution >= 0.6 is 11.3 Å². The summed E-state index contributed by atoms with van der Waals surface area (Å²) in [6.07, 6.45) is 0. The molecule has 1 amide bonds. The van der Waals surface area contributed by atoms with Gasteiger partial charge in [-0.3, -0.25) is 9.79 Å². The molecule has 0 fully saturated rings. The molecule has 200 valence electrons. The van der Waals surface area contributed by atoms with Crippen molar-refractivity contribution < 1.29 is 23.7 Å². The van der Waals surface area contributed by atoms with Crippen molar-refractivity contribution >= 4 is 28.6 Å². The Morgan fingerprint density at radius 3 is 2.46 bits per heavy atom. The zero-order valence-electron chi connectivity index (χ0n) is 22.1. The Morgan fingerprint density at radius 1 is 1.03 bits per heavy atom. The van der Waals surface area contributed by atoms with Crippen molar-refractivity contribution in [3.63, 3.8) is 0 Å². The van der Waals surface area contributed by atoms with Gasteiger partial charge < -0.3 is 24.3 Å². The Hall–Kier alpha value is -4.57. The molecule has 3 aromatic carbocycles. The lowest BCUT2D eigenvalue weighted by molar-refractivity contribution is -0.118. The van der Waals surface area contributed by atoms with Crippen LogP contribution in [0.4, 0.5) is 5.69 Å². The van der Waals surface area contributed by atoms with Crippen LogP contribution in [0.2, 0.25) is 0 Å². The second-order valence-corrected chi connectivity index (χ2v) is 9.50. The van der Waals surface area contributed by atoms with Gasteiger partial charge in [-0.25, -0.2) is 4.68 Å². The molecule has 2 heterocycles. The third-order valence-corrected chi connectivity index (χ3v) is 7.02. The number of nitrogens with zero attached hydrogens (tertiary/aromatic N) is 3. The first-order valence-electron chi connectivity index (χ1n) is 12.2. The summed E-state index contributed by atoms with van der Waals surface area (Å²) in [5.74, 6) is 2.03. The highest BCUT2D eigenvalue weighted by Crippen LogP contribution is 2.38. The van der Waals surface area contributed by atoms with E-state index in [0.717, 1.165) is 27.2 Å². The van der Waals surface area contributed by atoms with E-state index in [1.54, 1.807) is 21.3 Å². The molecule has 0 radical (unpaired) electrons. The van der Waals surface area contributed by atoms with E-state index < -0.39 is 0 Å². The number of nitrogens with one attached hydrogen (secondary N) is 1. The topological polar surface area (TPSA) is 95.7 Å². The second-order valence-electron chi connectivity index (χ2n) is 8.66. The minimum absolute atomic E-state index is 0.00554. The summed E-state index contributed by atoms with van der Waals surface area (Å²) in [5, 5.41) is 9.87. The predicted molar refractivity (Wildman–Crippen MR) is 151 cm³/mol. The van der Waals surface area contributed by atoms with E-state index in [0.29, 0.717) is 40.9 Å². The van der Waals surface area contributed by atoms with E-state index in [-0.39, 0.29) is 12.5 Å². The molecule has 1 aliphatic rings. The molecule has 0 unspecified atom stereocenters. The van der Waals surface area contributed by atoms with Gasteiger partial charge in [-0.05, 0) is 42.8 Å². The minimum atomic E-state index is -0.187. The standard InChI is InChI=1S/C29H28N4O5S/c1-18(21-13-25(35-2)28(37-4)26(14-21)36-3)32-33-23(17-39-29(33)30-15-19-8-6-5-7-9-19)20-10-11-24-22(12-20)31-27(34)16-38-24/h5-14,17H,15-16H2,1-4H3,(H,31,34). The molecule has 0 spiro atoms. The van der Waals surface area contributed by atoms with Crippen LogP contribution in [0.5, 0.6) is 23.0 Å². The molecule has 39 heavy (non-hydrogen) atoms. The van der Waals surface area contributed by atoms with Crippen LogP contribution < -0.4 is 29.1 Å². The number of thiazole rings is 1. The summed E-state index contributed by atoms with van der Waals surface area (Å²) in [5.41, 5.74) is 4.91. The Bertz CT molecular complexity index is 1580. The largest absolute Gasteiger partial charge is 0.493 e. The normalized spacial score (nSPS) is 13.4. The van der Waals surface area contributed by atoms with Crippen LogP contribution in [-0.2, 0) is 11.3 Å². The fourth-order valence-corrected chi connectivity index (χ4v) is 5.02. The molecule has 5 rings (SSSR count). The van der Waals surface area contributed by atoms with Crippen molar-refractivity contribution in [1.82, 2.24) is 4.68 Å². The number of amides is 1. The van der Waals surface area contributed by atoms with Gasteiger partial charge in [0.15, 0.2) is 18.1 Å². The van der Waals surface area contributed by atoms with E-state index in [9.17, 15) is 4.79 Å². The molecule has 0 saturated carbocycles. The first-order valence-corrected chi connectivity index (χ1v) is 13.1. The second kappa shape index (κ2) is 11.4. The number of methoxy groups -OCH3 is 3. The number of hydrogen-bond acceptors (Lipinski definition) is 8. The Balaban J connectivity index is 1.63. The molecule has 0 atom stereocenters. The van der Waals surface area contributed by atoms with E-state index in [2.05, 4.69) is 5.32 Å². The average Bonchev–Trinajstić information content (AvgIpc) is 3.37. The maximum Gasteiger partial charge on any atom is 0.262 e. The lowest BCUT2D eigenvalue weighted by Gasteiger charge is -2.18. The molecule has 1 aromatic heterocycles. The van der Waals surface area contributed by atoms with Gasteiger partial charge in [0.2, 0.25) is 10.6 Å². The smallest absolute Gasteiger partial charge is 0.262 e. The predicted octanol–water partition coefficient (Wildman–Crippen LogP) is 4.95. The molecular formula is C29H28N4O5S. The van der Waals surface area contributed by atoms with Crippen molar-refractivity contribution in [2.45, 2.75) is 13.5 Å². The molecule has 0 bridgehead atoms. The van der Waals surface area contributed by atoms with Crippen LogP contribution in [0.15, 0.2) is 76.1 Å². The van der Waals surface area contributed by atoms with Gasteiger partial charge in [0, 0.05) is 16.5 Å². The number of aromatic nitrogens is 1. The van der Waals surface area contributed by atoms with Crippen LogP contribution in [0, 0.1) is 0 Å². The highest BCUT2D eigenvalue weighted by atomic mass is 32.1. The molecule has 9 nitrogen and oxygen atoms in total. The third kappa shape index (κ3) is 5.51. The van der Waals surface area contributed by atoms with Crippen molar-refractivity contribution in [3.8, 4) is 34.3 Å². The van der Waals surface area contributed by atoms with E-state index in [1.165, 1.54) is 11.3 Å². The fourth-order valence-electron chi connectivity index (χ4n) is 4.19. The number of fused-ring (bicyclic) bond motifs is 1. The maximum absolute atomic E-state index is 11.9. The van der Waals surface area contributed by atoms with Crippen LogP contribution in [0.25, 0.3) is 11.3 Å². The van der Waals surface area contributed by atoms with Gasteiger partial charge in [0.05, 0.1) is 45.0 Å². The van der Waals surface area contributed by atoms with E-state index in [4.69, 9.17) is 29.0 Å². The number of benzene rings is 3. The third-order valence-electron chi connectivity index (χ3n) is 6.17. The lowest BCUT2D eigenvalue weighted by atomic mass is 10.1. The van der Waals surface area contributed by atoms with Gasteiger partial charge in [-0.15, -0.1) is 11.3 Å². The summed E-state index contributed by atoms with van der Waals surface area (Å²) < 4.78 is 23.9. The summed E-state index contributed by atoms with van der Waals surface area (Å²) in [7, 11) is 4.73. The van der Waals surface area contributed by atoms with Gasteiger partial charge in [-0.1, -0.05) is 30.3 Å². The van der Waals surface area contributed by atoms with E-state index >= 15 is 0 Å². The van der Waals surface area contributed by atoms with Gasteiger partial charge in [0.25, 0.3) is 5.91 Å². The van der Waals surface area contributed by atoms with Crippen molar-refractivity contribution in [2.24, 2.45) is 10.1 Å². The number of ether oxygens (including phenoxy) is 4. The summed E-state index contributed by atoms with van der Waals surface area (Å²) >= 11 is 1.49. The quantitative estimate of drug-likeness (QED) is 0.317. The van der Waals surface area contributed by atoms with Gasteiger partial charge in [0.1, 0.15) is 5.75 Å². The minimum Gasteiger partial charge on any atom is -0.493 e. The summed E-state index contributed by atoms with van der Waals surface area (Å²) in [4.78, 5) is 17.5. The number of hydrogen-bond donors (Lipinski definition) is 1.